The monoisotopic (exact) mass is 317 g/mol. The Morgan fingerprint density at radius 1 is 1.13 bits per heavy atom. The van der Waals surface area contributed by atoms with Gasteiger partial charge in [0.15, 0.2) is 17.5 Å². The van der Waals surface area contributed by atoms with E-state index in [9.17, 15) is 0 Å². The van der Waals surface area contributed by atoms with Gasteiger partial charge in [0.2, 0.25) is 0 Å². The molecule has 3 unspecified atom stereocenters. The van der Waals surface area contributed by atoms with Gasteiger partial charge in [-0.2, -0.15) is 0 Å². The molecule has 124 valence electrons. The van der Waals surface area contributed by atoms with E-state index in [1.54, 1.807) is 0 Å². The summed E-state index contributed by atoms with van der Waals surface area (Å²) >= 11 is 0. The molecule has 6 nitrogen and oxygen atoms in total. The van der Waals surface area contributed by atoms with E-state index in [1.807, 2.05) is 18.2 Å². The first-order valence-electron chi connectivity index (χ1n) is 8.41. The average Bonchev–Trinajstić information content (AvgIpc) is 2.77. The van der Waals surface area contributed by atoms with Gasteiger partial charge >= 0.3 is 0 Å². The SMILES string of the molecule is NC(=NC1CC2OCCCC12)Nc1ccc2c(c1)OCCCO2. The fourth-order valence-electron chi connectivity index (χ4n) is 3.51. The van der Waals surface area contributed by atoms with Crippen molar-refractivity contribution in [3.8, 4) is 11.5 Å². The van der Waals surface area contributed by atoms with Crippen LogP contribution < -0.4 is 20.5 Å². The Balaban J connectivity index is 1.41. The molecule has 3 aliphatic rings. The van der Waals surface area contributed by atoms with Gasteiger partial charge in [-0.3, -0.25) is 0 Å². The molecule has 1 aromatic carbocycles. The van der Waals surface area contributed by atoms with Crippen LogP contribution in [0.5, 0.6) is 11.5 Å². The number of benzene rings is 1. The van der Waals surface area contributed by atoms with Crippen LogP contribution in [0.4, 0.5) is 5.69 Å². The number of ether oxygens (including phenoxy) is 3. The van der Waals surface area contributed by atoms with E-state index in [0.29, 0.717) is 31.2 Å². The number of anilines is 1. The Kier molecular flexibility index (Phi) is 3.99. The molecule has 0 spiro atoms. The maximum Gasteiger partial charge on any atom is 0.193 e. The molecule has 1 saturated carbocycles. The Morgan fingerprint density at radius 2 is 2.00 bits per heavy atom. The molecule has 0 amide bonds. The molecule has 2 heterocycles. The second-order valence-electron chi connectivity index (χ2n) is 6.37. The van der Waals surface area contributed by atoms with Crippen LogP contribution in [0.25, 0.3) is 0 Å². The van der Waals surface area contributed by atoms with Gasteiger partial charge in [0.25, 0.3) is 0 Å². The van der Waals surface area contributed by atoms with Crippen molar-refractivity contribution in [2.75, 3.05) is 25.1 Å². The number of hydrogen-bond acceptors (Lipinski definition) is 4. The predicted octanol–water partition coefficient (Wildman–Crippen LogP) is 2.14. The number of nitrogens with zero attached hydrogens (tertiary/aromatic N) is 1. The van der Waals surface area contributed by atoms with E-state index in [4.69, 9.17) is 19.9 Å². The lowest BCUT2D eigenvalue weighted by molar-refractivity contribution is -0.0937. The lowest BCUT2D eigenvalue weighted by Crippen LogP contribution is -2.49. The van der Waals surface area contributed by atoms with Gasteiger partial charge < -0.3 is 25.3 Å². The lowest BCUT2D eigenvalue weighted by atomic mass is 9.73. The first kappa shape index (κ1) is 14.6. The molecule has 1 aliphatic carbocycles. The highest BCUT2D eigenvalue weighted by molar-refractivity contribution is 5.92. The van der Waals surface area contributed by atoms with Crippen LogP contribution in [0.1, 0.15) is 25.7 Å². The number of nitrogens with one attached hydrogen (secondary N) is 1. The fourth-order valence-corrected chi connectivity index (χ4v) is 3.51. The molecule has 2 fully saturated rings. The summed E-state index contributed by atoms with van der Waals surface area (Å²) in [5, 5.41) is 3.16. The maximum atomic E-state index is 6.07. The molecule has 23 heavy (non-hydrogen) atoms. The summed E-state index contributed by atoms with van der Waals surface area (Å²) in [6, 6.07) is 6.04. The summed E-state index contributed by atoms with van der Waals surface area (Å²) < 4.78 is 17.0. The second kappa shape index (κ2) is 6.28. The Bertz CT molecular complexity index is 605. The van der Waals surface area contributed by atoms with Crippen molar-refractivity contribution in [3.05, 3.63) is 18.2 Å². The van der Waals surface area contributed by atoms with E-state index in [1.165, 1.54) is 6.42 Å². The minimum atomic E-state index is 0.285. The van der Waals surface area contributed by atoms with Gasteiger partial charge in [-0.05, 0) is 31.4 Å². The Morgan fingerprint density at radius 3 is 2.87 bits per heavy atom. The van der Waals surface area contributed by atoms with Crippen LogP contribution in [0.3, 0.4) is 0 Å². The van der Waals surface area contributed by atoms with Crippen molar-refractivity contribution < 1.29 is 14.2 Å². The van der Waals surface area contributed by atoms with Crippen LogP contribution in [0.15, 0.2) is 23.2 Å². The third kappa shape index (κ3) is 3.08. The average molecular weight is 317 g/mol. The topological polar surface area (TPSA) is 78.1 Å². The van der Waals surface area contributed by atoms with E-state index >= 15 is 0 Å². The zero-order chi connectivity index (χ0) is 15.6. The van der Waals surface area contributed by atoms with Gasteiger partial charge in [0, 0.05) is 30.7 Å². The van der Waals surface area contributed by atoms with Crippen LogP contribution in [0.2, 0.25) is 0 Å². The van der Waals surface area contributed by atoms with Crippen molar-refractivity contribution in [1.82, 2.24) is 0 Å². The van der Waals surface area contributed by atoms with Crippen molar-refractivity contribution in [1.29, 1.82) is 0 Å². The van der Waals surface area contributed by atoms with Crippen molar-refractivity contribution >= 4 is 11.6 Å². The van der Waals surface area contributed by atoms with Crippen LogP contribution >= 0.6 is 0 Å². The molecule has 1 aromatic rings. The summed E-state index contributed by atoms with van der Waals surface area (Å²) in [6.45, 7) is 2.25. The van der Waals surface area contributed by atoms with Crippen molar-refractivity contribution in [3.63, 3.8) is 0 Å². The number of aliphatic imine (C=N–C) groups is 1. The van der Waals surface area contributed by atoms with E-state index < -0.39 is 0 Å². The second-order valence-corrected chi connectivity index (χ2v) is 6.37. The number of fused-ring (bicyclic) bond motifs is 2. The van der Waals surface area contributed by atoms with Gasteiger partial charge in [-0.1, -0.05) is 0 Å². The largest absolute Gasteiger partial charge is 0.490 e. The highest BCUT2D eigenvalue weighted by atomic mass is 16.5. The molecule has 6 heteroatoms. The zero-order valence-electron chi connectivity index (χ0n) is 13.2. The molecule has 2 aliphatic heterocycles. The highest BCUT2D eigenvalue weighted by Crippen LogP contribution is 2.40. The molecule has 0 aromatic heterocycles. The highest BCUT2D eigenvalue weighted by Gasteiger charge is 2.43. The van der Waals surface area contributed by atoms with Crippen LogP contribution in [-0.4, -0.2) is 37.9 Å². The van der Waals surface area contributed by atoms with Gasteiger partial charge in [-0.15, -0.1) is 0 Å². The maximum absolute atomic E-state index is 6.07. The normalized spacial score (nSPS) is 29.9. The molecular formula is C17H23N3O3. The fraction of sp³-hybridized carbons (Fsp3) is 0.588. The van der Waals surface area contributed by atoms with E-state index in [-0.39, 0.29) is 6.04 Å². The van der Waals surface area contributed by atoms with Crippen molar-refractivity contribution in [2.24, 2.45) is 16.6 Å². The molecule has 0 radical (unpaired) electrons. The number of guanidine groups is 1. The molecule has 1 saturated heterocycles. The van der Waals surface area contributed by atoms with Gasteiger partial charge in [0.1, 0.15) is 0 Å². The zero-order valence-corrected chi connectivity index (χ0v) is 13.2. The molecule has 3 atom stereocenters. The number of hydrogen-bond donors (Lipinski definition) is 2. The van der Waals surface area contributed by atoms with E-state index in [2.05, 4.69) is 10.3 Å². The van der Waals surface area contributed by atoms with Crippen molar-refractivity contribution in [2.45, 2.75) is 37.8 Å². The van der Waals surface area contributed by atoms with Gasteiger partial charge in [0.05, 0.1) is 25.4 Å². The summed E-state index contributed by atoms with van der Waals surface area (Å²) in [6.07, 6.45) is 4.59. The Hall–Kier alpha value is -1.95. The smallest absolute Gasteiger partial charge is 0.193 e. The van der Waals surface area contributed by atoms with E-state index in [0.717, 1.165) is 43.1 Å². The summed E-state index contributed by atoms with van der Waals surface area (Å²) in [7, 11) is 0. The van der Waals surface area contributed by atoms with Gasteiger partial charge in [-0.25, -0.2) is 4.99 Å². The lowest BCUT2D eigenvalue weighted by Gasteiger charge is -2.45. The Labute approximate surface area is 136 Å². The minimum Gasteiger partial charge on any atom is -0.490 e. The summed E-state index contributed by atoms with van der Waals surface area (Å²) in [4.78, 5) is 4.62. The minimum absolute atomic E-state index is 0.285. The first-order chi connectivity index (χ1) is 11.3. The third-order valence-electron chi connectivity index (χ3n) is 4.78. The standard InChI is InChI=1S/C17H23N3O3/c18-17(20-13-10-15-12(13)3-1-6-22-15)19-11-4-5-14-16(9-11)23-8-2-7-21-14/h4-5,9,12-13,15H,1-3,6-8,10H2,(H3,18,19,20). The number of nitrogens with two attached hydrogens (primary N) is 1. The quantitative estimate of drug-likeness (QED) is 0.645. The summed E-state index contributed by atoms with van der Waals surface area (Å²) in [5.74, 6) is 2.52. The number of rotatable bonds is 2. The van der Waals surface area contributed by atoms with Crippen LogP contribution in [0, 0.1) is 5.92 Å². The molecular weight excluding hydrogens is 294 g/mol. The molecule has 0 bridgehead atoms. The third-order valence-corrected chi connectivity index (χ3v) is 4.78. The predicted molar refractivity (Wildman–Crippen MR) is 88.2 cm³/mol. The summed E-state index contributed by atoms with van der Waals surface area (Å²) in [5.41, 5.74) is 6.94. The van der Waals surface area contributed by atoms with Crippen LogP contribution in [-0.2, 0) is 4.74 Å². The molecule has 4 rings (SSSR count). The molecule has 3 N–H and O–H groups in total. The first-order valence-corrected chi connectivity index (χ1v) is 8.41.